The van der Waals surface area contributed by atoms with Crippen LogP contribution < -0.4 is 10.1 Å². The van der Waals surface area contributed by atoms with Gasteiger partial charge >= 0.3 is 0 Å². The molecule has 0 aliphatic heterocycles. The Morgan fingerprint density at radius 1 is 1.19 bits per heavy atom. The summed E-state index contributed by atoms with van der Waals surface area (Å²) in [5, 5.41) is 2.81. The fourth-order valence-electron chi connectivity index (χ4n) is 1.99. The number of pyridine rings is 1. The predicted molar refractivity (Wildman–Crippen MR) is 82.2 cm³/mol. The maximum Gasteiger partial charge on any atom is 0.258 e. The molecule has 0 unspecified atom stereocenters. The van der Waals surface area contributed by atoms with Crippen LogP contribution in [0.5, 0.6) is 5.75 Å². The molecule has 1 N–H and O–H groups in total. The summed E-state index contributed by atoms with van der Waals surface area (Å²) in [5.74, 6) is 0.617. The number of hydrogen-bond acceptors (Lipinski definition) is 3. The number of amides is 1. The second-order valence-corrected chi connectivity index (χ2v) is 5.13. The molecule has 0 saturated heterocycles. The number of carbonyl (C=O) groups excluding carboxylic acids is 1. The normalized spacial score (nSPS) is 10.2. The van der Waals surface area contributed by atoms with Gasteiger partial charge in [0.1, 0.15) is 5.75 Å². The fourth-order valence-corrected chi connectivity index (χ4v) is 1.99. The Bertz CT molecular complexity index is 624. The third-order valence-electron chi connectivity index (χ3n) is 3.36. The van der Waals surface area contributed by atoms with Gasteiger partial charge < -0.3 is 10.1 Å². The summed E-state index contributed by atoms with van der Waals surface area (Å²) in [6.45, 7) is 6.55. The molecule has 2 aromatic rings. The van der Waals surface area contributed by atoms with Crippen LogP contribution in [0.4, 0.5) is 0 Å². The van der Waals surface area contributed by atoms with E-state index in [1.54, 1.807) is 12.4 Å². The molecular formula is C17H20N2O2. The zero-order valence-electron chi connectivity index (χ0n) is 12.6. The van der Waals surface area contributed by atoms with E-state index >= 15 is 0 Å². The van der Waals surface area contributed by atoms with Gasteiger partial charge in [0, 0.05) is 18.9 Å². The molecule has 110 valence electrons. The van der Waals surface area contributed by atoms with E-state index in [-0.39, 0.29) is 12.5 Å². The predicted octanol–water partition coefficient (Wildman–Crippen LogP) is 2.70. The fraction of sp³-hybridized carbons (Fsp3) is 0.294. The van der Waals surface area contributed by atoms with Crippen LogP contribution in [0.3, 0.4) is 0 Å². The molecule has 2 rings (SSSR count). The van der Waals surface area contributed by atoms with E-state index in [2.05, 4.69) is 23.3 Å². The second kappa shape index (κ2) is 6.88. The van der Waals surface area contributed by atoms with Gasteiger partial charge in [-0.3, -0.25) is 9.78 Å². The van der Waals surface area contributed by atoms with Crippen molar-refractivity contribution in [2.45, 2.75) is 27.3 Å². The average Bonchev–Trinajstić information content (AvgIpc) is 2.48. The zero-order chi connectivity index (χ0) is 15.2. The van der Waals surface area contributed by atoms with Gasteiger partial charge in [-0.25, -0.2) is 0 Å². The Labute approximate surface area is 125 Å². The van der Waals surface area contributed by atoms with Crippen LogP contribution in [0.15, 0.2) is 36.7 Å². The minimum absolute atomic E-state index is 0.0175. The highest BCUT2D eigenvalue weighted by Crippen LogP contribution is 2.22. The number of hydrogen-bond donors (Lipinski definition) is 1. The molecule has 1 heterocycles. The Morgan fingerprint density at radius 3 is 2.67 bits per heavy atom. The second-order valence-electron chi connectivity index (χ2n) is 5.13. The van der Waals surface area contributed by atoms with Crippen molar-refractivity contribution in [3.63, 3.8) is 0 Å². The molecule has 0 aliphatic rings. The largest absolute Gasteiger partial charge is 0.483 e. The molecule has 1 aromatic carbocycles. The Kier molecular flexibility index (Phi) is 4.93. The number of rotatable bonds is 5. The van der Waals surface area contributed by atoms with E-state index in [1.807, 2.05) is 32.0 Å². The highest BCUT2D eigenvalue weighted by Gasteiger charge is 2.06. The zero-order valence-corrected chi connectivity index (χ0v) is 12.6. The minimum Gasteiger partial charge on any atom is -0.483 e. The SMILES string of the molecule is Cc1cc(C)c(OCC(=O)NCc2cccnc2)cc1C. The van der Waals surface area contributed by atoms with Crippen LogP contribution in [0.25, 0.3) is 0 Å². The number of nitrogens with zero attached hydrogens (tertiary/aromatic N) is 1. The summed E-state index contributed by atoms with van der Waals surface area (Å²) in [6.07, 6.45) is 3.44. The monoisotopic (exact) mass is 284 g/mol. The lowest BCUT2D eigenvalue weighted by Crippen LogP contribution is -2.28. The number of nitrogens with one attached hydrogen (secondary N) is 1. The van der Waals surface area contributed by atoms with Gasteiger partial charge in [-0.05, 0) is 55.2 Å². The van der Waals surface area contributed by atoms with Crippen molar-refractivity contribution in [2.75, 3.05) is 6.61 Å². The van der Waals surface area contributed by atoms with Crippen LogP contribution in [-0.2, 0) is 11.3 Å². The molecule has 0 radical (unpaired) electrons. The van der Waals surface area contributed by atoms with E-state index < -0.39 is 0 Å². The first-order valence-corrected chi connectivity index (χ1v) is 6.92. The van der Waals surface area contributed by atoms with E-state index in [1.165, 1.54) is 5.56 Å². The molecule has 1 amide bonds. The lowest BCUT2D eigenvalue weighted by atomic mass is 10.1. The third-order valence-corrected chi connectivity index (χ3v) is 3.36. The Morgan fingerprint density at radius 2 is 1.95 bits per heavy atom. The summed E-state index contributed by atoms with van der Waals surface area (Å²) in [7, 11) is 0. The molecule has 1 aromatic heterocycles. The summed E-state index contributed by atoms with van der Waals surface area (Å²) in [4.78, 5) is 15.8. The number of benzene rings is 1. The Hall–Kier alpha value is -2.36. The lowest BCUT2D eigenvalue weighted by Gasteiger charge is -2.12. The molecule has 0 atom stereocenters. The summed E-state index contributed by atoms with van der Waals surface area (Å²) in [6, 6.07) is 7.80. The smallest absolute Gasteiger partial charge is 0.258 e. The van der Waals surface area contributed by atoms with E-state index in [0.717, 1.165) is 22.4 Å². The first-order chi connectivity index (χ1) is 10.1. The summed E-state index contributed by atoms with van der Waals surface area (Å²) >= 11 is 0. The minimum atomic E-state index is -0.142. The molecule has 0 spiro atoms. The van der Waals surface area contributed by atoms with Crippen LogP contribution in [0.1, 0.15) is 22.3 Å². The van der Waals surface area contributed by atoms with E-state index in [9.17, 15) is 4.79 Å². The van der Waals surface area contributed by atoms with Gasteiger partial charge in [-0.2, -0.15) is 0 Å². The number of aromatic nitrogens is 1. The Balaban J connectivity index is 1.85. The highest BCUT2D eigenvalue weighted by atomic mass is 16.5. The molecule has 4 heteroatoms. The van der Waals surface area contributed by atoms with Crippen molar-refractivity contribution in [3.05, 3.63) is 58.9 Å². The standard InChI is InChI=1S/C17H20N2O2/c1-12-7-14(3)16(8-13(12)2)21-11-17(20)19-10-15-5-4-6-18-9-15/h4-9H,10-11H2,1-3H3,(H,19,20). The van der Waals surface area contributed by atoms with Crippen LogP contribution in [-0.4, -0.2) is 17.5 Å². The molecular weight excluding hydrogens is 264 g/mol. The summed E-state index contributed by atoms with van der Waals surface area (Å²) < 4.78 is 5.60. The molecule has 0 saturated carbocycles. The van der Waals surface area contributed by atoms with Gasteiger partial charge in [0.2, 0.25) is 0 Å². The summed E-state index contributed by atoms with van der Waals surface area (Å²) in [5.41, 5.74) is 4.39. The number of ether oxygens (including phenoxy) is 1. The topological polar surface area (TPSA) is 51.2 Å². The first-order valence-electron chi connectivity index (χ1n) is 6.92. The number of carbonyl (C=O) groups is 1. The van der Waals surface area contributed by atoms with Crippen molar-refractivity contribution in [1.82, 2.24) is 10.3 Å². The van der Waals surface area contributed by atoms with Gasteiger partial charge in [-0.1, -0.05) is 12.1 Å². The molecule has 0 bridgehead atoms. The van der Waals surface area contributed by atoms with Crippen molar-refractivity contribution >= 4 is 5.91 Å². The van der Waals surface area contributed by atoms with Crippen LogP contribution >= 0.6 is 0 Å². The van der Waals surface area contributed by atoms with Gasteiger partial charge in [0.15, 0.2) is 6.61 Å². The average molecular weight is 284 g/mol. The van der Waals surface area contributed by atoms with E-state index in [0.29, 0.717) is 6.54 Å². The quantitative estimate of drug-likeness (QED) is 0.918. The highest BCUT2D eigenvalue weighted by molar-refractivity contribution is 5.77. The van der Waals surface area contributed by atoms with E-state index in [4.69, 9.17) is 4.74 Å². The van der Waals surface area contributed by atoms with Gasteiger partial charge in [0.25, 0.3) is 5.91 Å². The maximum absolute atomic E-state index is 11.8. The molecule has 0 fully saturated rings. The van der Waals surface area contributed by atoms with Crippen LogP contribution in [0, 0.1) is 20.8 Å². The first kappa shape index (κ1) is 15.0. The third kappa shape index (κ3) is 4.31. The maximum atomic E-state index is 11.8. The molecule has 21 heavy (non-hydrogen) atoms. The lowest BCUT2D eigenvalue weighted by molar-refractivity contribution is -0.123. The van der Waals surface area contributed by atoms with Crippen molar-refractivity contribution in [2.24, 2.45) is 0 Å². The number of aryl methyl sites for hydroxylation is 3. The van der Waals surface area contributed by atoms with Gasteiger partial charge in [0.05, 0.1) is 0 Å². The van der Waals surface area contributed by atoms with Gasteiger partial charge in [-0.15, -0.1) is 0 Å². The molecule has 4 nitrogen and oxygen atoms in total. The van der Waals surface area contributed by atoms with Crippen molar-refractivity contribution < 1.29 is 9.53 Å². The molecule has 0 aliphatic carbocycles. The van der Waals surface area contributed by atoms with Crippen LogP contribution in [0.2, 0.25) is 0 Å². The van der Waals surface area contributed by atoms with Crippen molar-refractivity contribution in [3.8, 4) is 5.75 Å². The van der Waals surface area contributed by atoms with Crippen molar-refractivity contribution in [1.29, 1.82) is 0 Å².